The number of ether oxygens (including phenoxy) is 2. The second-order valence-corrected chi connectivity index (χ2v) is 8.74. The molecule has 0 bridgehead atoms. The van der Waals surface area contributed by atoms with Crippen molar-refractivity contribution in [2.75, 3.05) is 23.3 Å². The molecular weight excluding hydrogens is 436 g/mol. The molecule has 11 nitrogen and oxygen atoms in total. The average Bonchev–Trinajstić information content (AvgIpc) is 3.22. The number of esters is 2. The van der Waals surface area contributed by atoms with Crippen molar-refractivity contribution >= 4 is 55.9 Å². The Labute approximate surface area is 175 Å². The number of fused-ring (bicyclic) bond motifs is 1. The normalized spacial score (nSPS) is 11.4. The molecule has 0 saturated heterocycles. The molecule has 0 saturated carbocycles. The Morgan fingerprint density at radius 2 is 2.00 bits per heavy atom. The van der Waals surface area contributed by atoms with Crippen LogP contribution in [-0.2, 0) is 26.1 Å². The van der Waals surface area contributed by atoms with Crippen LogP contribution >= 0.6 is 11.3 Å². The van der Waals surface area contributed by atoms with E-state index in [2.05, 4.69) is 14.7 Å². The summed E-state index contributed by atoms with van der Waals surface area (Å²) in [6.45, 7) is 3.08. The van der Waals surface area contributed by atoms with Gasteiger partial charge >= 0.3 is 11.9 Å². The van der Waals surface area contributed by atoms with Crippen LogP contribution in [0.4, 0.5) is 11.5 Å². The third-order valence-corrected chi connectivity index (χ3v) is 5.24. The molecule has 160 valence electrons. The van der Waals surface area contributed by atoms with E-state index in [-0.39, 0.29) is 57.8 Å². The Morgan fingerprint density at radius 1 is 1.27 bits per heavy atom. The first-order valence-corrected chi connectivity index (χ1v) is 11.3. The van der Waals surface area contributed by atoms with Crippen molar-refractivity contribution in [1.82, 2.24) is 9.97 Å². The maximum absolute atomic E-state index is 12.3. The van der Waals surface area contributed by atoms with E-state index < -0.39 is 22.0 Å². The molecule has 3 aromatic heterocycles. The monoisotopic (exact) mass is 454 g/mol. The van der Waals surface area contributed by atoms with Gasteiger partial charge in [-0.3, -0.25) is 4.72 Å². The highest BCUT2D eigenvalue weighted by atomic mass is 32.2. The molecule has 3 N–H and O–H groups in total. The van der Waals surface area contributed by atoms with Gasteiger partial charge in [0.25, 0.3) is 0 Å². The number of nitrogen functional groups attached to an aromatic ring is 1. The van der Waals surface area contributed by atoms with Crippen molar-refractivity contribution < 1.29 is 31.9 Å². The van der Waals surface area contributed by atoms with E-state index in [1.54, 1.807) is 19.2 Å². The summed E-state index contributed by atoms with van der Waals surface area (Å²) in [4.78, 5) is 32.8. The van der Waals surface area contributed by atoms with Crippen molar-refractivity contribution in [3.63, 3.8) is 0 Å². The third kappa shape index (κ3) is 4.52. The van der Waals surface area contributed by atoms with E-state index in [4.69, 9.17) is 19.6 Å². The Morgan fingerprint density at radius 3 is 2.67 bits per heavy atom. The number of aromatic nitrogens is 2. The molecule has 0 unspecified atom stereocenters. The fourth-order valence-electron chi connectivity index (χ4n) is 2.64. The summed E-state index contributed by atoms with van der Waals surface area (Å²) in [5, 5.41) is 1.77. The number of thiophene rings is 1. The van der Waals surface area contributed by atoms with Crippen LogP contribution in [0.2, 0.25) is 0 Å². The Balaban J connectivity index is 1.82. The van der Waals surface area contributed by atoms with Gasteiger partial charge in [0.2, 0.25) is 15.7 Å². The summed E-state index contributed by atoms with van der Waals surface area (Å²) in [5.41, 5.74) is 6.28. The fourth-order valence-corrected chi connectivity index (χ4v) is 4.02. The van der Waals surface area contributed by atoms with Crippen LogP contribution < -0.4 is 10.5 Å². The highest BCUT2D eigenvalue weighted by molar-refractivity contribution is 7.92. The maximum atomic E-state index is 12.3. The van der Waals surface area contributed by atoms with E-state index in [0.717, 1.165) is 17.6 Å². The number of nitrogens with zero attached hydrogens (tertiary/aromatic N) is 2. The zero-order chi connectivity index (χ0) is 22.1. The number of anilines is 2. The molecule has 0 spiro atoms. The Bertz CT molecular complexity index is 1230. The van der Waals surface area contributed by atoms with Crippen LogP contribution in [0.5, 0.6) is 0 Å². The van der Waals surface area contributed by atoms with Crippen LogP contribution in [0.25, 0.3) is 11.1 Å². The quantitative estimate of drug-likeness (QED) is 0.505. The molecule has 0 radical (unpaired) electrons. The summed E-state index contributed by atoms with van der Waals surface area (Å²) in [5.74, 6) is -1.07. The minimum atomic E-state index is -3.56. The second kappa shape index (κ2) is 8.28. The SMILES string of the molecule is CCOC(=O)c1c(C)oc2nc(COC(=O)c3sccc3NS(C)(=O)=O)nc(N)c12. The molecule has 3 heterocycles. The summed E-state index contributed by atoms with van der Waals surface area (Å²) >= 11 is 1.02. The first kappa shape index (κ1) is 21.5. The van der Waals surface area contributed by atoms with E-state index in [9.17, 15) is 18.0 Å². The number of nitrogens with two attached hydrogens (primary N) is 1. The average molecular weight is 454 g/mol. The van der Waals surface area contributed by atoms with E-state index in [0.29, 0.717) is 0 Å². The van der Waals surface area contributed by atoms with Gasteiger partial charge in [0, 0.05) is 0 Å². The van der Waals surface area contributed by atoms with Crippen molar-refractivity contribution in [3.05, 3.63) is 33.5 Å². The second-order valence-electron chi connectivity index (χ2n) is 6.07. The molecule has 0 fully saturated rings. The predicted octanol–water partition coefficient (Wildman–Crippen LogP) is 2.08. The lowest BCUT2D eigenvalue weighted by atomic mass is 10.2. The van der Waals surface area contributed by atoms with E-state index >= 15 is 0 Å². The number of rotatable bonds is 7. The van der Waals surface area contributed by atoms with Gasteiger partial charge in [-0.2, -0.15) is 4.98 Å². The van der Waals surface area contributed by atoms with Gasteiger partial charge < -0.3 is 19.6 Å². The minimum absolute atomic E-state index is 0.0264. The first-order valence-electron chi connectivity index (χ1n) is 8.55. The van der Waals surface area contributed by atoms with Crippen LogP contribution in [0, 0.1) is 6.92 Å². The summed E-state index contributed by atoms with van der Waals surface area (Å²) in [6.07, 6.45) is 0.974. The summed E-state index contributed by atoms with van der Waals surface area (Å²) < 4.78 is 40.7. The third-order valence-electron chi connectivity index (χ3n) is 3.76. The molecule has 30 heavy (non-hydrogen) atoms. The van der Waals surface area contributed by atoms with Gasteiger partial charge in [-0.05, 0) is 25.3 Å². The van der Waals surface area contributed by atoms with Gasteiger partial charge in [0.15, 0.2) is 12.4 Å². The first-order chi connectivity index (χ1) is 14.1. The molecule has 0 aliphatic heterocycles. The van der Waals surface area contributed by atoms with Crippen LogP contribution in [0.3, 0.4) is 0 Å². The lowest BCUT2D eigenvalue weighted by Crippen LogP contribution is -2.13. The number of furan rings is 1. The van der Waals surface area contributed by atoms with Crippen molar-refractivity contribution in [2.45, 2.75) is 20.5 Å². The number of hydrogen-bond acceptors (Lipinski definition) is 11. The molecular formula is C17H18N4O7S2. The smallest absolute Gasteiger partial charge is 0.350 e. The number of carbonyl (C=O) groups is 2. The van der Waals surface area contributed by atoms with Gasteiger partial charge in [0.1, 0.15) is 22.0 Å². The van der Waals surface area contributed by atoms with Gasteiger partial charge in [-0.25, -0.2) is 23.0 Å². The van der Waals surface area contributed by atoms with E-state index in [1.807, 2.05) is 0 Å². The van der Waals surface area contributed by atoms with Crippen molar-refractivity contribution in [1.29, 1.82) is 0 Å². The maximum Gasteiger partial charge on any atom is 0.350 e. The zero-order valence-electron chi connectivity index (χ0n) is 16.2. The molecule has 0 aromatic carbocycles. The number of nitrogens with one attached hydrogen (secondary N) is 1. The molecule has 0 aliphatic rings. The van der Waals surface area contributed by atoms with Crippen LogP contribution in [0.1, 0.15) is 38.5 Å². The lowest BCUT2D eigenvalue weighted by Gasteiger charge is -2.07. The largest absolute Gasteiger partial charge is 0.462 e. The zero-order valence-corrected chi connectivity index (χ0v) is 17.8. The standard InChI is InChI=1S/C17H18N4O7S2/c1-4-26-16(22)11-8(2)28-15-12(11)14(18)19-10(20-15)7-27-17(23)13-9(5-6-29-13)21-30(3,24)25/h5-6,21H,4,7H2,1-3H3,(H2,18,19,20). The highest BCUT2D eigenvalue weighted by Crippen LogP contribution is 2.29. The van der Waals surface area contributed by atoms with Gasteiger partial charge in [-0.15, -0.1) is 11.3 Å². The van der Waals surface area contributed by atoms with Crippen LogP contribution in [0.15, 0.2) is 15.9 Å². The molecule has 3 aromatic rings. The number of carbonyl (C=O) groups excluding carboxylic acids is 2. The lowest BCUT2D eigenvalue weighted by molar-refractivity contribution is 0.0468. The Kier molecular flexibility index (Phi) is 5.94. The summed E-state index contributed by atoms with van der Waals surface area (Å²) in [6, 6.07) is 1.45. The van der Waals surface area contributed by atoms with Gasteiger partial charge in [0.05, 0.1) is 23.9 Å². The molecule has 0 amide bonds. The molecule has 3 rings (SSSR count). The minimum Gasteiger partial charge on any atom is -0.462 e. The number of sulfonamides is 1. The summed E-state index contributed by atoms with van der Waals surface area (Å²) in [7, 11) is -3.56. The topological polar surface area (TPSA) is 164 Å². The molecule has 0 atom stereocenters. The van der Waals surface area contributed by atoms with E-state index in [1.165, 1.54) is 6.07 Å². The van der Waals surface area contributed by atoms with Crippen molar-refractivity contribution in [2.24, 2.45) is 0 Å². The number of hydrogen-bond donors (Lipinski definition) is 2. The van der Waals surface area contributed by atoms with Crippen molar-refractivity contribution in [3.8, 4) is 0 Å². The highest BCUT2D eigenvalue weighted by Gasteiger charge is 2.24. The predicted molar refractivity (Wildman–Crippen MR) is 109 cm³/mol. The number of aryl methyl sites for hydroxylation is 1. The Hall–Kier alpha value is -3.19. The molecule has 0 aliphatic carbocycles. The van der Waals surface area contributed by atoms with Crippen LogP contribution in [-0.4, -0.2) is 43.2 Å². The van der Waals surface area contributed by atoms with Gasteiger partial charge in [-0.1, -0.05) is 0 Å². The fraction of sp³-hybridized carbons (Fsp3) is 0.294. The molecule has 13 heteroatoms.